The van der Waals surface area contributed by atoms with E-state index in [2.05, 4.69) is 121 Å². The summed E-state index contributed by atoms with van der Waals surface area (Å²) in [6.07, 6.45) is 4.01. The lowest BCUT2D eigenvalue weighted by Gasteiger charge is -2.32. The van der Waals surface area contributed by atoms with E-state index in [0.717, 1.165) is 40.6 Å². The Bertz CT molecular complexity index is 2330. The molecule has 6 aromatic rings. The van der Waals surface area contributed by atoms with E-state index < -0.39 is 8.07 Å². The molecular formula is C42H44FN3SSi+2. The van der Waals surface area contributed by atoms with Gasteiger partial charge in [-0.25, -0.2) is 13.5 Å². The number of aromatic nitrogens is 2. The lowest BCUT2D eigenvalue weighted by atomic mass is 9.78. The second kappa shape index (κ2) is 11.5. The highest BCUT2D eigenvalue weighted by atomic mass is 32.1. The summed E-state index contributed by atoms with van der Waals surface area (Å²) in [5.74, 6) is 1.23. The van der Waals surface area contributed by atoms with Crippen molar-refractivity contribution >= 4 is 62.0 Å². The predicted molar refractivity (Wildman–Crippen MR) is 205 cm³/mol. The third kappa shape index (κ3) is 4.79. The molecule has 0 bridgehead atoms. The maximum absolute atomic E-state index is 14.7. The van der Waals surface area contributed by atoms with Gasteiger partial charge in [0, 0.05) is 33.2 Å². The van der Waals surface area contributed by atoms with Gasteiger partial charge in [-0.15, -0.1) is 11.3 Å². The molecule has 4 heterocycles. The van der Waals surface area contributed by atoms with Gasteiger partial charge in [0.25, 0.3) is 5.82 Å². The number of nitrogens with zero attached hydrogens (tertiary/aromatic N) is 3. The minimum atomic E-state index is -1.37. The Labute approximate surface area is 288 Å². The van der Waals surface area contributed by atoms with Gasteiger partial charge in [0.15, 0.2) is 16.7 Å². The van der Waals surface area contributed by atoms with E-state index in [-0.39, 0.29) is 23.8 Å². The van der Waals surface area contributed by atoms with E-state index in [9.17, 15) is 4.39 Å². The highest BCUT2D eigenvalue weighted by Crippen LogP contribution is 2.46. The van der Waals surface area contributed by atoms with Crippen molar-refractivity contribution < 1.29 is 13.5 Å². The van der Waals surface area contributed by atoms with Crippen LogP contribution < -0.4 is 4.57 Å². The molecule has 2 atom stereocenters. The molecule has 0 aliphatic carbocycles. The lowest BCUT2D eigenvalue weighted by Crippen LogP contribution is -2.50. The van der Waals surface area contributed by atoms with Gasteiger partial charge in [0.2, 0.25) is 11.8 Å². The Morgan fingerprint density at radius 2 is 1.77 bits per heavy atom. The predicted octanol–water partition coefficient (Wildman–Crippen LogP) is 10.6. The van der Waals surface area contributed by atoms with Crippen LogP contribution in [0.1, 0.15) is 48.9 Å². The molecule has 2 aromatic heterocycles. The first kappa shape index (κ1) is 31.2. The molecule has 2 aliphatic heterocycles. The monoisotopic (exact) mass is 669 g/mol. The molecule has 4 aromatic carbocycles. The number of hydrogen-bond acceptors (Lipinski definition) is 1. The molecule has 6 heteroatoms. The van der Waals surface area contributed by atoms with Crippen LogP contribution in [-0.4, -0.2) is 35.5 Å². The van der Waals surface area contributed by atoms with Crippen molar-refractivity contribution in [2.45, 2.75) is 70.4 Å². The van der Waals surface area contributed by atoms with Crippen LogP contribution in [0.5, 0.6) is 0 Å². The van der Waals surface area contributed by atoms with E-state index in [1.165, 1.54) is 55.6 Å². The number of halogens is 1. The summed E-state index contributed by atoms with van der Waals surface area (Å²) in [6, 6.07) is 29.1. The van der Waals surface area contributed by atoms with E-state index in [1.807, 2.05) is 6.07 Å². The van der Waals surface area contributed by atoms with Crippen molar-refractivity contribution in [2.75, 3.05) is 6.54 Å². The van der Waals surface area contributed by atoms with E-state index in [4.69, 9.17) is 6.58 Å². The smallest absolute Gasteiger partial charge is 0.220 e. The first-order valence-corrected chi connectivity index (χ1v) is 21.8. The topological polar surface area (TPSA) is 11.8 Å². The molecule has 0 fully saturated rings. The van der Waals surface area contributed by atoms with Gasteiger partial charge in [-0.05, 0) is 80.8 Å². The average Bonchev–Trinajstić information content (AvgIpc) is 3.61. The van der Waals surface area contributed by atoms with Crippen LogP contribution in [0.2, 0.25) is 25.7 Å². The Kier molecular flexibility index (Phi) is 7.46. The summed E-state index contributed by atoms with van der Waals surface area (Å²) in [5, 5.41) is 2.10. The summed E-state index contributed by atoms with van der Waals surface area (Å²) in [6.45, 7) is 22.4. The highest BCUT2D eigenvalue weighted by molar-refractivity contribution is 7.26. The molecule has 2 aliphatic rings. The Hall–Kier alpha value is -4.13. The number of fused-ring (bicyclic) bond motifs is 12. The molecule has 0 radical (unpaired) electrons. The molecule has 0 N–H and O–H groups in total. The minimum absolute atomic E-state index is 0.0562. The van der Waals surface area contributed by atoms with Crippen molar-refractivity contribution in [1.29, 1.82) is 0 Å². The third-order valence-electron chi connectivity index (χ3n) is 10.6. The van der Waals surface area contributed by atoms with Crippen molar-refractivity contribution in [2.24, 2.45) is 0 Å². The van der Waals surface area contributed by atoms with Crippen molar-refractivity contribution in [3.8, 4) is 11.4 Å². The number of allylic oxidation sites excluding steroid dienone is 1. The standard InChI is InChI=1S/C42H44FN3SSi/c1-8-35-31-14-10-9-13-30(31)32-20-17-28-18-21-33-34-25-29(43)19-22-38(34)47-41(33)39(28)42-45(26(2)3)36-15-11-12-16-37(36)46(42)27(4)40(32)44(35)23-24-48(5,6)7/h8-16,18-19,21-22,25-26,32,40H,1,4,17,20,23-24H2,2-3,5-7H3/q+2. The summed E-state index contributed by atoms with van der Waals surface area (Å²) >= 11 is 1.79. The first-order chi connectivity index (χ1) is 23.1. The van der Waals surface area contributed by atoms with Gasteiger partial charge in [-0.1, -0.05) is 68.7 Å². The minimum Gasteiger partial charge on any atom is -0.220 e. The molecule has 0 amide bonds. The lowest BCUT2D eigenvalue weighted by molar-refractivity contribution is -0.609. The largest absolute Gasteiger partial charge is 0.296 e. The molecule has 2 unspecified atom stereocenters. The fourth-order valence-electron chi connectivity index (χ4n) is 8.40. The van der Waals surface area contributed by atoms with Crippen molar-refractivity contribution in [1.82, 2.24) is 4.57 Å². The maximum atomic E-state index is 14.7. The SMILES string of the molecule is C=CC1=[N+](CC[Si](C)(C)C)C2C(=C)[n+]3c(n(C(C)C)c4ccccc43)-c3c(ccc4c3sc3ccc(F)cc34)CCC2c2ccccc21. The maximum Gasteiger partial charge on any atom is 0.296 e. The van der Waals surface area contributed by atoms with E-state index >= 15 is 0 Å². The number of para-hydroxylation sites is 2. The first-order valence-electron chi connectivity index (χ1n) is 17.3. The highest BCUT2D eigenvalue weighted by Gasteiger charge is 2.48. The van der Waals surface area contributed by atoms with Gasteiger partial charge in [-0.2, -0.15) is 4.57 Å². The molecular weight excluding hydrogens is 626 g/mol. The van der Waals surface area contributed by atoms with Gasteiger partial charge in [0.05, 0.1) is 30.3 Å². The van der Waals surface area contributed by atoms with Gasteiger partial charge >= 0.3 is 0 Å². The zero-order valence-electron chi connectivity index (χ0n) is 28.7. The number of imidazole rings is 1. The molecule has 8 rings (SSSR count). The van der Waals surface area contributed by atoms with Crippen LogP contribution in [0.15, 0.2) is 98.1 Å². The van der Waals surface area contributed by atoms with Gasteiger partial charge in [-0.3, -0.25) is 0 Å². The fourth-order valence-corrected chi connectivity index (χ4v) is 10.6. The van der Waals surface area contributed by atoms with Crippen molar-refractivity contribution in [3.05, 3.63) is 121 Å². The van der Waals surface area contributed by atoms with E-state index in [1.54, 1.807) is 23.5 Å². The molecule has 0 spiro atoms. The Balaban J connectivity index is 1.50. The number of aryl methyl sites for hydroxylation is 1. The molecule has 3 nitrogen and oxygen atoms in total. The quantitative estimate of drug-likeness (QED) is 0.128. The zero-order chi connectivity index (χ0) is 33.5. The van der Waals surface area contributed by atoms with Crippen LogP contribution in [-0.2, 0) is 6.42 Å². The van der Waals surface area contributed by atoms with E-state index in [0.29, 0.717) is 0 Å². The number of thiophene rings is 1. The fraction of sp³-hybridized carbons (Fsp3) is 0.286. The summed E-state index contributed by atoms with van der Waals surface area (Å²) < 4.78 is 24.7. The average molecular weight is 670 g/mol. The van der Waals surface area contributed by atoms with Crippen molar-refractivity contribution in [3.63, 3.8) is 0 Å². The number of benzene rings is 4. The summed E-state index contributed by atoms with van der Waals surface area (Å²) in [7, 11) is -1.37. The Morgan fingerprint density at radius 1 is 1.00 bits per heavy atom. The Morgan fingerprint density at radius 3 is 2.54 bits per heavy atom. The van der Waals surface area contributed by atoms with Crippen LogP contribution in [0.25, 0.3) is 48.3 Å². The van der Waals surface area contributed by atoms with Gasteiger partial charge in [0.1, 0.15) is 12.4 Å². The van der Waals surface area contributed by atoms with Crippen LogP contribution in [0, 0.1) is 5.82 Å². The second-order valence-corrected chi connectivity index (χ2v) is 21.8. The normalized spacial score (nSPS) is 18.0. The molecule has 48 heavy (non-hydrogen) atoms. The third-order valence-corrected chi connectivity index (χ3v) is 13.5. The summed E-state index contributed by atoms with van der Waals surface area (Å²) in [5.41, 5.74) is 9.98. The number of hydrogen-bond donors (Lipinski definition) is 0. The second-order valence-electron chi connectivity index (χ2n) is 15.1. The molecule has 0 saturated carbocycles. The van der Waals surface area contributed by atoms with Crippen LogP contribution in [0.3, 0.4) is 0 Å². The molecule has 242 valence electrons. The van der Waals surface area contributed by atoms with Crippen LogP contribution >= 0.6 is 11.3 Å². The van der Waals surface area contributed by atoms with Crippen LogP contribution in [0.4, 0.5) is 4.39 Å². The van der Waals surface area contributed by atoms with Gasteiger partial charge < -0.3 is 0 Å². The zero-order valence-corrected chi connectivity index (χ0v) is 30.5. The molecule has 0 saturated heterocycles. The number of rotatable bonds is 5. The summed E-state index contributed by atoms with van der Waals surface area (Å²) in [4.78, 5) is 0.